The average molecular weight is 270 g/mol. The Labute approximate surface area is 120 Å². The molecule has 0 aliphatic carbocycles. The lowest BCUT2D eigenvalue weighted by molar-refractivity contribution is 0.209. The van der Waals surface area contributed by atoms with Crippen molar-refractivity contribution in [1.29, 1.82) is 0 Å². The van der Waals surface area contributed by atoms with E-state index in [0.717, 1.165) is 48.6 Å². The maximum atomic E-state index is 5.80. The molecule has 1 aromatic heterocycles. The number of nitrogen functional groups attached to an aromatic ring is 1. The third kappa shape index (κ3) is 2.56. The van der Waals surface area contributed by atoms with Crippen molar-refractivity contribution in [3.05, 3.63) is 30.3 Å². The highest BCUT2D eigenvalue weighted by molar-refractivity contribution is 5.83. The van der Waals surface area contributed by atoms with E-state index in [1.165, 1.54) is 0 Å². The van der Waals surface area contributed by atoms with Crippen LogP contribution < -0.4 is 10.6 Å². The Morgan fingerprint density at radius 3 is 2.50 bits per heavy atom. The largest absolute Gasteiger partial charge is 0.399 e. The van der Waals surface area contributed by atoms with Crippen LogP contribution in [0.3, 0.4) is 0 Å². The van der Waals surface area contributed by atoms with Gasteiger partial charge in [0.15, 0.2) is 0 Å². The first-order valence-electron chi connectivity index (χ1n) is 7.29. The molecule has 1 aromatic carbocycles. The molecule has 2 aromatic rings. The topological polar surface area (TPSA) is 45.4 Å². The van der Waals surface area contributed by atoms with Crippen LogP contribution in [0.4, 0.5) is 11.5 Å². The Hall–Kier alpha value is -1.81. The van der Waals surface area contributed by atoms with E-state index in [1.54, 1.807) is 0 Å². The second-order valence-corrected chi connectivity index (χ2v) is 5.74. The van der Waals surface area contributed by atoms with Gasteiger partial charge in [0.2, 0.25) is 0 Å². The Morgan fingerprint density at radius 1 is 1.05 bits per heavy atom. The Balaban J connectivity index is 1.79. The third-order valence-electron chi connectivity index (χ3n) is 4.07. The van der Waals surface area contributed by atoms with Crippen LogP contribution in [0.15, 0.2) is 30.3 Å². The molecular weight excluding hydrogens is 248 g/mol. The van der Waals surface area contributed by atoms with E-state index in [-0.39, 0.29) is 0 Å². The van der Waals surface area contributed by atoms with Crippen LogP contribution in [0.25, 0.3) is 10.9 Å². The fraction of sp³-hybridized carbons (Fsp3) is 0.438. The Kier molecular flexibility index (Phi) is 3.49. The molecule has 0 saturated carbocycles. The van der Waals surface area contributed by atoms with Crippen molar-refractivity contribution in [3.63, 3.8) is 0 Å². The molecule has 3 rings (SSSR count). The lowest BCUT2D eigenvalue weighted by Crippen LogP contribution is -2.49. The van der Waals surface area contributed by atoms with Crippen molar-refractivity contribution in [1.82, 2.24) is 9.88 Å². The average Bonchev–Trinajstić information content (AvgIpc) is 2.47. The minimum Gasteiger partial charge on any atom is -0.399 e. The number of fused-ring (bicyclic) bond motifs is 1. The van der Waals surface area contributed by atoms with Gasteiger partial charge in [-0.3, -0.25) is 4.90 Å². The van der Waals surface area contributed by atoms with Gasteiger partial charge < -0.3 is 10.6 Å². The maximum Gasteiger partial charge on any atom is 0.129 e. The lowest BCUT2D eigenvalue weighted by atomic mass is 10.2. The van der Waals surface area contributed by atoms with Gasteiger partial charge in [0.1, 0.15) is 5.82 Å². The predicted molar refractivity (Wildman–Crippen MR) is 85.1 cm³/mol. The smallest absolute Gasteiger partial charge is 0.129 e. The number of anilines is 2. The van der Waals surface area contributed by atoms with Crippen molar-refractivity contribution < 1.29 is 0 Å². The van der Waals surface area contributed by atoms with Gasteiger partial charge in [-0.25, -0.2) is 4.98 Å². The quantitative estimate of drug-likeness (QED) is 0.851. The van der Waals surface area contributed by atoms with E-state index in [2.05, 4.69) is 35.8 Å². The molecule has 2 heterocycles. The highest BCUT2D eigenvalue weighted by atomic mass is 15.3. The van der Waals surface area contributed by atoms with E-state index in [9.17, 15) is 0 Å². The van der Waals surface area contributed by atoms with Crippen LogP contribution in [-0.2, 0) is 0 Å². The number of hydrogen-bond donors (Lipinski definition) is 1. The molecule has 0 bridgehead atoms. The SMILES string of the molecule is CC(C)N1CCN(c2ccc3cc(N)ccc3n2)CC1. The Morgan fingerprint density at radius 2 is 1.80 bits per heavy atom. The van der Waals surface area contributed by atoms with Crippen LogP contribution in [0.5, 0.6) is 0 Å². The van der Waals surface area contributed by atoms with E-state index in [0.29, 0.717) is 6.04 Å². The second-order valence-electron chi connectivity index (χ2n) is 5.74. The first kappa shape index (κ1) is 13.2. The number of rotatable bonds is 2. The van der Waals surface area contributed by atoms with E-state index < -0.39 is 0 Å². The zero-order valence-electron chi connectivity index (χ0n) is 12.2. The van der Waals surface area contributed by atoms with Gasteiger partial charge in [0, 0.05) is 43.3 Å². The standard InChI is InChI=1S/C16H22N4/c1-12(2)19-7-9-20(10-8-19)16-6-3-13-11-14(17)4-5-15(13)18-16/h3-6,11-12H,7-10,17H2,1-2H3. The summed E-state index contributed by atoms with van der Waals surface area (Å²) in [6.07, 6.45) is 0. The maximum absolute atomic E-state index is 5.80. The van der Waals surface area contributed by atoms with Gasteiger partial charge in [-0.15, -0.1) is 0 Å². The van der Waals surface area contributed by atoms with Gasteiger partial charge >= 0.3 is 0 Å². The van der Waals surface area contributed by atoms with E-state index >= 15 is 0 Å². The van der Waals surface area contributed by atoms with Crippen molar-refractivity contribution in [2.75, 3.05) is 36.8 Å². The molecule has 1 fully saturated rings. The summed E-state index contributed by atoms with van der Waals surface area (Å²) in [6, 6.07) is 10.7. The molecule has 4 heteroatoms. The summed E-state index contributed by atoms with van der Waals surface area (Å²) in [5.41, 5.74) is 7.61. The summed E-state index contributed by atoms with van der Waals surface area (Å²) < 4.78 is 0. The molecule has 1 saturated heterocycles. The highest BCUT2D eigenvalue weighted by Crippen LogP contribution is 2.21. The van der Waals surface area contributed by atoms with Crippen molar-refractivity contribution in [3.8, 4) is 0 Å². The van der Waals surface area contributed by atoms with Gasteiger partial charge in [0.25, 0.3) is 0 Å². The molecule has 0 unspecified atom stereocenters. The van der Waals surface area contributed by atoms with Crippen LogP contribution in [0.2, 0.25) is 0 Å². The monoisotopic (exact) mass is 270 g/mol. The molecular formula is C16H22N4. The minimum atomic E-state index is 0.629. The number of hydrogen-bond acceptors (Lipinski definition) is 4. The second kappa shape index (κ2) is 5.29. The highest BCUT2D eigenvalue weighted by Gasteiger charge is 2.19. The summed E-state index contributed by atoms with van der Waals surface area (Å²) in [5, 5.41) is 1.11. The summed E-state index contributed by atoms with van der Waals surface area (Å²) in [6.45, 7) is 8.83. The summed E-state index contributed by atoms with van der Waals surface area (Å²) >= 11 is 0. The first-order valence-corrected chi connectivity index (χ1v) is 7.29. The molecule has 0 spiro atoms. The fourth-order valence-corrected chi connectivity index (χ4v) is 2.78. The van der Waals surface area contributed by atoms with Gasteiger partial charge in [-0.1, -0.05) is 0 Å². The van der Waals surface area contributed by atoms with Gasteiger partial charge in [0.05, 0.1) is 5.52 Å². The van der Waals surface area contributed by atoms with Crippen LogP contribution in [0.1, 0.15) is 13.8 Å². The zero-order chi connectivity index (χ0) is 14.1. The lowest BCUT2D eigenvalue weighted by Gasteiger charge is -2.37. The van der Waals surface area contributed by atoms with Crippen molar-refractivity contribution in [2.24, 2.45) is 0 Å². The molecule has 0 amide bonds. The summed E-state index contributed by atoms with van der Waals surface area (Å²) in [5.74, 6) is 1.07. The summed E-state index contributed by atoms with van der Waals surface area (Å²) in [7, 11) is 0. The van der Waals surface area contributed by atoms with Crippen molar-refractivity contribution >= 4 is 22.4 Å². The normalized spacial score (nSPS) is 17.1. The number of nitrogens with zero attached hydrogens (tertiary/aromatic N) is 3. The van der Waals surface area contributed by atoms with Crippen LogP contribution in [-0.4, -0.2) is 42.1 Å². The van der Waals surface area contributed by atoms with Gasteiger partial charge in [-0.2, -0.15) is 0 Å². The summed E-state index contributed by atoms with van der Waals surface area (Å²) in [4.78, 5) is 9.64. The molecule has 106 valence electrons. The predicted octanol–water partition coefficient (Wildman–Crippen LogP) is 2.35. The number of pyridine rings is 1. The molecule has 1 aliphatic heterocycles. The molecule has 4 nitrogen and oxygen atoms in total. The number of piperazine rings is 1. The van der Waals surface area contributed by atoms with Crippen molar-refractivity contribution in [2.45, 2.75) is 19.9 Å². The zero-order valence-corrected chi connectivity index (χ0v) is 12.2. The fourth-order valence-electron chi connectivity index (χ4n) is 2.78. The molecule has 2 N–H and O–H groups in total. The molecule has 0 radical (unpaired) electrons. The minimum absolute atomic E-state index is 0.629. The Bertz CT molecular complexity index is 600. The number of benzene rings is 1. The van der Waals surface area contributed by atoms with Gasteiger partial charge in [-0.05, 0) is 44.2 Å². The molecule has 20 heavy (non-hydrogen) atoms. The first-order chi connectivity index (χ1) is 9.63. The van der Waals surface area contributed by atoms with E-state index in [1.807, 2.05) is 18.2 Å². The number of nitrogens with two attached hydrogens (primary N) is 1. The van der Waals surface area contributed by atoms with Crippen LogP contribution in [0, 0.1) is 0 Å². The number of aromatic nitrogens is 1. The third-order valence-corrected chi connectivity index (χ3v) is 4.07. The van der Waals surface area contributed by atoms with E-state index in [4.69, 9.17) is 10.7 Å². The molecule has 0 atom stereocenters. The molecule has 1 aliphatic rings. The van der Waals surface area contributed by atoms with Crippen LogP contribution >= 0.6 is 0 Å².